The Hall–Kier alpha value is -0.520. The third-order valence-electron chi connectivity index (χ3n) is 4.34. The molecule has 0 aromatic carbocycles. The smallest absolute Gasteiger partial charge is 0.0743 e. The van der Waals surface area contributed by atoms with Crippen LogP contribution in [0, 0.1) is 18.3 Å². The van der Waals surface area contributed by atoms with E-state index in [0.29, 0.717) is 6.04 Å². The molecule has 96 valence electrons. The van der Waals surface area contributed by atoms with Crippen LogP contribution in [-0.2, 0) is 0 Å². The van der Waals surface area contributed by atoms with Gasteiger partial charge >= 0.3 is 0 Å². The third-order valence-corrected chi connectivity index (χ3v) is 4.34. The van der Waals surface area contributed by atoms with Gasteiger partial charge in [0.05, 0.1) is 5.54 Å². The highest BCUT2D eigenvalue weighted by Crippen LogP contribution is 2.32. The van der Waals surface area contributed by atoms with Crippen LogP contribution in [0.5, 0.6) is 0 Å². The first kappa shape index (κ1) is 12.9. The average Bonchev–Trinajstić information content (AvgIpc) is 2.77. The molecule has 0 bridgehead atoms. The van der Waals surface area contributed by atoms with Crippen molar-refractivity contribution in [2.24, 2.45) is 5.92 Å². The largest absolute Gasteiger partial charge is 0.314 e. The van der Waals surface area contributed by atoms with Crippen molar-refractivity contribution < 1.29 is 0 Å². The maximum atomic E-state index is 5.58. The molecule has 3 unspecified atom stereocenters. The molecule has 1 heterocycles. The number of rotatable bonds is 3. The van der Waals surface area contributed by atoms with Crippen molar-refractivity contribution in [1.29, 1.82) is 0 Å². The van der Waals surface area contributed by atoms with Gasteiger partial charge in [0.1, 0.15) is 0 Å². The Bertz CT molecular complexity index is 284. The molecule has 0 spiro atoms. The maximum Gasteiger partial charge on any atom is 0.0743 e. The normalized spacial score (nSPS) is 34.5. The van der Waals surface area contributed by atoms with Crippen LogP contribution in [0.25, 0.3) is 0 Å². The fourth-order valence-electron chi connectivity index (χ4n) is 3.40. The van der Waals surface area contributed by atoms with Crippen LogP contribution in [0.3, 0.4) is 0 Å². The minimum Gasteiger partial charge on any atom is -0.314 e. The summed E-state index contributed by atoms with van der Waals surface area (Å²) < 4.78 is 0. The molecule has 2 fully saturated rings. The van der Waals surface area contributed by atoms with E-state index >= 15 is 0 Å². The van der Waals surface area contributed by atoms with Gasteiger partial charge in [-0.15, -0.1) is 6.42 Å². The van der Waals surface area contributed by atoms with Crippen molar-refractivity contribution in [3.63, 3.8) is 0 Å². The quantitative estimate of drug-likeness (QED) is 0.732. The summed E-state index contributed by atoms with van der Waals surface area (Å²) in [6.07, 6.45) is 13.7. The second-order valence-electron chi connectivity index (χ2n) is 6.17. The fraction of sp³-hybridized carbons (Fsp3) is 0.867. The molecular weight excluding hydrogens is 208 g/mol. The lowest BCUT2D eigenvalue weighted by atomic mass is 9.87. The maximum absolute atomic E-state index is 5.58. The van der Waals surface area contributed by atoms with Gasteiger partial charge in [-0.2, -0.15) is 0 Å². The predicted molar refractivity (Wildman–Crippen MR) is 72.8 cm³/mol. The van der Waals surface area contributed by atoms with Crippen LogP contribution in [-0.4, -0.2) is 24.2 Å². The summed E-state index contributed by atoms with van der Waals surface area (Å²) in [5.74, 6) is 3.64. The Labute approximate surface area is 106 Å². The van der Waals surface area contributed by atoms with Crippen molar-refractivity contribution in [2.75, 3.05) is 6.54 Å². The molecular formula is C15H26N2. The molecule has 0 aromatic rings. The van der Waals surface area contributed by atoms with E-state index in [1.807, 2.05) is 0 Å². The first-order valence-electron chi connectivity index (χ1n) is 7.11. The molecule has 1 aliphatic carbocycles. The summed E-state index contributed by atoms with van der Waals surface area (Å²) >= 11 is 0. The fourth-order valence-corrected chi connectivity index (χ4v) is 3.40. The summed E-state index contributed by atoms with van der Waals surface area (Å²) in [6.45, 7) is 5.42. The van der Waals surface area contributed by atoms with Crippen LogP contribution < -0.4 is 10.6 Å². The van der Waals surface area contributed by atoms with Crippen molar-refractivity contribution in [1.82, 2.24) is 10.6 Å². The molecule has 2 nitrogen and oxygen atoms in total. The Morgan fingerprint density at radius 1 is 1.18 bits per heavy atom. The molecule has 1 saturated carbocycles. The Balaban J connectivity index is 1.95. The van der Waals surface area contributed by atoms with E-state index < -0.39 is 0 Å². The molecule has 2 rings (SSSR count). The van der Waals surface area contributed by atoms with E-state index in [0.717, 1.165) is 12.0 Å². The summed E-state index contributed by atoms with van der Waals surface area (Å²) in [6, 6.07) is 1.33. The molecule has 17 heavy (non-hydrogen) atoms. The molecule has 1 saturated heterocycles. The minimum absolute atomic E-state index is 0.165. The predicted octanol–water partition coefficient (Wildman–Crippen LogP) is 2.30. The van der Waals surface area contributed by atoms with Gasteiger partial charge in [0.2, 0.25) is 0 Å². The number of piperidine rings is 1. The molecule has 3 atom stereocenters. The van der Waals surface area contributed by atoms with Crippen LogP contribution in [0.2, 0.25) is 0 Å². The topological polar surface area (TPSA) is 24.1 Å². The van der Waals surface area contributed by atoms with Crippen LogP contribution in [0.4, 0.5) is 0 Å². The van der Waals surface area contributed by atoms with Crippen LogP contribution in [0.15, 0.2) is 0 Å². The molecule has 0 amide bonds. The second-order valence-corrected chi connectivity index (χ2v) is 6.17. The van der Waals surface area contributed by atoms with E-state index in [1.165, 1.54) is 45.1 Å². The number of hydrogen-bond donors (Lipinski definition) is 2. The molecule has 0 aromatic heterocycles. The van der Waals surface area contributed by atoms with Gasteiger partial charge in [0, 0.05) is 12.1 Å². The summed E-state index contributed by atoms with van der Waals surface area (Å²) in [7, 11) is 0. The monoisotopic (exact) mass is 234 g/mol. The zero-order valence-corrected chi connectivity index (χ0v) is 11.3. The Morgan fingerprint density at radius 2 is 2.00 bits per heavy atom. The van der Waals surface area contributed by atoms with Crippen molar-refractivity contribution in [3.8, 4) is 12.3 Å². The summed E-state index contributed by atoms with van der Waals surface area (Å²) in [5, 5.41) is 7.38. The van der Waals surface area contributed by atoms with Crippen molar-refractivity contribution in [3.05, 3.63) is 0 Å². The highest BCUT2D eigenvalue weighted by Gasteiger charge is 2.36. The van der Waals surface area contributed by atoms with Gasteiger partial charge in [0.15, 0.2) is 0 Å². The van der Waals surface area contributed by atoms with Crippen LogP contribution >= 0.6 is 0 Å². The molecule has 0 radical (unpaired) electrons. The van der Waals surface area contributed by atoms with E-state index in [2.05, 4.69) is 30.4 Å². The SMILES string of the molecule is C#CC(C)(C)NC1CCCC1C1CCCCN1. The van der Waals surface area contributed by atoms with Crippen molar-refractivity contribution in [2.45, 2.75) is 70.0 Å². The van der Waals surface area contributed by atoms with Crippen LogP contribution in [0.1, 0.15) is 52.4 Å². The van der Waals surface area contributed by atoms with Crippen molar-refractivity contribution >= 4 is 0 Å². The Morgan fingerprint density at radius 3 is 2.65 bits per heavy atom. The average molecular weight is 234 g/mol. The molecule has 2 N–H and O–H groups in total. The first-order chi connectivity index (χ1) is 8.12. The lowest BCUT2D eigenvalue weighted by Crippen LogP contribution is -2.52. The highest BCUT2D eigenvalue weighted by atomic mass is 15.0. The zero-order valence-electron chi connectivity index (χ0n) is 11.3. The molecule has 1 aliphatic heterocycles. The van der Waals surface area contributed by atoms with E-state index in [-0.39, 0.29) is 5.54 Å². The minimum atomic E-state index is -0.165. The van der Waals surface area contributed by atoms with E-state index in [9.17, 15) is 0 Å². The van der Waals surface area contributed by atoms with Gasteiger partial charge in [-0.25, -0.2) is 0 Å². The lowest BCUT2D eigenvalue weighted by Gasteiger charge is -2.36. The molecule has 2 heteroatoms. The Kier molecular flexibility index (Phi) is 4.12. The lowest BCUT2D eigenvalue weighted by molar-refractivity contribution is 0.239. The number of hydrogen-bond acceptors (Lipinski definition) is 2. The van der Waals surface area contributed by atoms with Gasteiger partial charge in [0.25, 0.3) is 0 Å². The number of terminal acetylenes is 1. The second kappa shape index (κ2) is 5.42. The molecule has 2 aliphatic rings. The highest BCUT2D eigenvalue weighted by molar-refractivity contribution is 5.09. The van der Waals surface area contributed by atoms with Gasteiger partial charge in [-0.1, -0.05) is 18.8 Å². The zero-order chi connectivity index (χ0) is 12.3. The van der Waals surface area contributed by atoms with E-state index in [4.69, 9.17) is 6.42 Å². The summed E-state index contributed by atoms with van der Waals surface area (Å²) in [5.41, 5.74) is -0.165. The number of nitrogens with one attached hydrogen (secondary N) is 2. The van der Waals surface area contributed by atoms with Gasteiger partial charge in [-0.3, -0.25) is 5.32 Å². The summed E-state index contributed by atoms with van der Waals surface area (Å²) in [4.78, 5) is 0. The standard InChI is InChI=1S/C15H26N2/c1-4-15(2,3)17-14-10-7-8-12(14)13-9-5-6-11-16-13/h1,12-14,16-17H,5-11H2,2-3H3. The van der Waals surface area contributed by atoms with Gasteiger partial charge in [-0.05, 0) is 52.0 Å². The van der Waals surface area contributed by atoms with E-state index in [1.54, 1.807) is 0 Å². The first-order valence-corrected chi connectivity index (χ1v) is 7.11. The third kappa shape index (κ3) is 3.24. The van der Waals surface area contributed by atoms with Gasteiger partial charge < -0.3 is 5.32 Å².